The molecule has 1 amide bonds. The molecule has 1 atom stereocenters. The van der Waals surface area contributed by atoms with Gasteiger partial charge in [0.2, 0.25) is 0 Å². The summed E-state index contributed by atoms with van der Waals surface area (Å²) >= 11 is 0. The van der Waals surface area contributed by atoms with Gasteiger partial charge in [0.05, 0.1) is 0 Å². The van der Waals surface area contributed by atoms with Crippen molar-refractivity contribution >= 4 is 12.1 Å². The van der Waals surface area contributed by atoms with Crippen LogP contribution in [0.4, 0.5) is 9.18 Å². The number of para-hydroxylation sites is 1. The van der Waals surface area contributed by atoms with Crippen molar-refractivity contribution in [3.05, 3.63) is 30.1 Å². The first-order valence-electron chi connectivity index (χ1n) is 7.24. The Morgan fingerprint density at radius 3 is 2.59 bits per heavy atom. The van der Waals surface area contributed by atoms with Crippen LogP contribution < -0.4 is 4.74 Å². The molecule has 1 saturated heterocycles. The molecule has 1 fully saturated rings. The number of hydrogen-bond acceptors (Lipinski definition) is 4. The lowest BCUT2D eigenvalue weighted by Crippen LogP contribution is -2.44. The quantitative estimate of drug-likeness (QED) is 0.622. The number of carbonyl (C=O) groups excluding carboxylic acids is 2. The maximum atomic E-state index is 13.5. The number of carbonyl (C=O) groups is 2. The molecule has 0 N–H and O–H groups in total. The summed E-state index contributed by atoms with van der Waals surface area (Å²) in [7, 11) is 0. The van der Waals surface area contributed by atoms with Gasteiger partial charge >= 0.3 is 12.1 Å². The number of ether oxygens (including phenoxy) is 2. The first kappa shape index (κ1) is 16.3. The van der Waals surface area contributed by atoms with E-state index in [4.69, 9.17) is 9.47 Å². The van der Waals surface area contributed by atoms with Gasteiger partial charge in [0, 0.05) is 6.54 Å². The highest BCUT2D eigenvalue weighted by Gasteiger charge is 2.38. The minimum absolute atomic E-state index is 0.136. The summed E-state index contributed by atoms with van der Waals surface area (Å²) in [6.45, 7) is 5.70. The molecule has 1 aliphatic rings. The van der Waals surface area contributed by atoms with Gasteiger partial charge in [-0.05, 0) is 45.7 Å². The first-order chi connectivity index (χ1) is 10.3. The molecular formula is C16H20FNO4. The smallest absolute Gasteiger partial charge is 0.411 e. The summed E-state index contributed by atoms with van der Waals surface area (Å²) in [5, 5.41) is 0. The van der Waals surface area contributed by atoms with Crippen LogP contribution in [0.1, 0.15) is 33.6 Å². The van der Waals surface area contributed by atoms with Gasteiger partial charge in [-0.3, -0.25) is 4.90 Å². The third-order valence-electron chi connectivity index (χ3n) is 3.20. The summed E-state index contributed by atoms with van der Waals surface area (Å²) in [6.07, 6.45) is 0.600. The molecule has 0 spiro atoms. The predicted molar refractivity (Wildman–Crippen MR) is 78.0 cm³/mol. The SMILES string of the molecule is CC(C)(C)OC(=O)N1CCC[C@@H]1C(=O)Oc1ccccc1F. The molecule has 1 aromatic carbocycles. The molecule has 1 aliphatic heterocycles. The van der Waals surface area contributed by atoms with E-state index in [0.717, 1.165) is 0 Å². The summed E-state index contributed by atoms with van der Waals surface area (Å²) in [6, 6.07) is 4.93. The maximum absolute atomic E-state index is 13.5. The Hall–Kier alpha value is -2.11. The van der Waals surface area contributed by atoms with Crippen LogP contribution in [0, 0.1) is 5.82 Å². The molecule has 2 rings (SSSR count). The van der Waals surface area contributed by atoms with Crippen molar-refractivity contribution in [2.45, 2.75) is 45.3 Å². The van der Waals surface area contributed by atoms with Crippen molar-refractivity contribution in [3.8, 4) is 5.75 Å². The zero-order chi connectivity index (χ0) is 16.3. The van der Waals surface area contributed by atoms with Crippen LogP contribution >= 0.6 is 0 Å². The fraction of sp³-hybridized carbons (Fsp3) is 0.500. The van der Waals surface area contributed by atoms with Gasteiger partial charge in [-0.25, -0.2) is 14.0 Å². The molecule has 22 heavy (non-hydrogen) atoms. The molecule has 1 aromatic rings. The van der Waals surface area contributed by atoms with E-state index in [-0.39, 0.29) is 5.75 Å². The molecule has 1 heterocycles. The number of rotatable bonds is 2. The van der Waals surface area contributed by atoms with E-state index in [1.54, 1.807) is 26.8 Å². The van der Waals surface area contributed by atoms with Gasteiger partial charge in [0.25, 0.3) is 0 Å². The molecule has 120 valence electrons. The monoisotopic (exact) mass is 309 g/mol. The molecule has 0 aromatic heterocycles. The number of nitrogens with zero attached hydrogens (tertiary/aromatic N) is 1. The van der Waals surface area contributed by atoms with Crippen LogP contribution in [0.2, 0.25) is 0 Å². The van der Waals surface area contributed by atoms with E-state index >= 15 is 0 Å². The van der Waals surface area contributed by atoms with E-state index in [0.29, 0.717) is 19.4 Å². The van der Waals surface area contributed by atoms with Crippen LogP contribution in [-0.2, 0) is 9.53 Å². The van der Waals surface area contributed by atoms with Gasteiger partial charge in [0.1, 0.15) is 11.6 Å². The lowest BCUT2D eigenvalue weighted by atomic mass is 10.2. The molecule has 0 unspecified atom stereocenters. The fourth-order valence-electron chi connectivity index (χ4n) is 2.25. The number of likely N-dealkylation sites (tertiary alicyclic amines) is 1. The molecule has 0 saturated carbocycles. The van der Waals surface area contributed by atoms with Crippen molar-refractivity contribution in [3.63, 3.8) is 0 Å². The molecule has 0 bridgehead atoms. The van der Waals surface area contributed by atoms with Crippen LogP contribution in [0.3, 0.4) is 0 Å². The van der Waals surface area contributed by atoms with Crippen molar-refractivity contribution in [2.75, 3.05) is 6.54 Å². The zero-order valence-electron chi connectivity index (χ0n) is 13.0. The minimum Gasteiger partial charge on any atom is -0.444 e. The molecular weight excluding hydrogens is 289 g/mol. The highest BCUT2D eigenvalue weighted by molar-refractivity contribution is 5.83. The van der Waals surface area contributed by atoms with Crippen LogP contribution in [0.25, 0.3) is 0 Å². The number of esters is 1. The van der Waals surface area contributed by atoms with Gasteiger partial charge in [-0.2, -0.15) is 0 Å². The van der Waals surface area contributed by atoms with Crippen molar-refractivity contribution < 1.29 is 23.5 Å². The summed E-state index contributed by atoms with van der Waals surface area (Å²) < 4.78 is 23.9. The lowest BCUT2D eigenvalue weighted by molar-refractivity contribution is -0.139. The number of amides is 1. The Morgan fingerprint density at radius 2 is 1.95 bits per heavy atom. The predicted octanol–water partition coefficient (Wildman–Crippen LogP) is 3.13. The normalized spacial score (nSPS) is 18.2. The molecule has 5 nitrogen and oxygen atoms in total. The van der Waals surface area contributed by atoms with Gasteiger partial charge < -0.3 is 9.47 Å². The topological polar surface area (TPSA) is 55.8 Å². The Labute approximate surface area is 129 Å². The summed E-state index contributed by atoms with van der Waals surface area (Å²) in [5.74, 6) is -1.39. The van der Waals surface area contributed by atoms with Gasteiger partial charge in [-0.1, -0.05) is 12.1 Å². The van der Waals surface area contributed by atoms with Crippen LogP contribution in [0.5, 0.6) is 5.75 Å². The number of halogens is 1. The van der Waals surface area contributed by atoms with E-state index in [2.05, 4.69) is 0 Å². The molecule has 0 aliphatic carbocycles. The van der Waals surface area contributed by atoms with Crippen LogP contribution in [-0.4, -0.2) is 35.2 Å². The van der Waals surface area contributed by atoms with Gasteiger partial charge in [0.15, 0.2) is 11.6 Å². The van der Waals surface area contributed by atoms with Crippen molar-refractivity contribution in [1.82, 2.24) is 4.90 Å². The highest BCUT2D eigenvalue weighted by atomic mass is 19.1. The van der Waals surface area contributed by atoms with Gasteiger partial charge in [-0.15, -0.1) is 0 Å². The average molecular weight is 309 g/mol. The number of benzene rings is 1. The third kappa shape index (κ3) is 3.96. The number of hydrogen-bond donors (Lipinski definition) is 0. The zero-order valence-corrected chi connectivity index (χ0v) is 13.0. The lowest BCUT2D eigenvalue weighted by Gasteiger charge is -2.27. The van der Waals surface area contributed by atoms with Crippen molar-refractivity contribution in [2.24, 2.45) is 0 Å². The standard InChI is InChI=1S/C16H20FNO4/c1-16(2,3)22-15(20)18-10-6-8-12(18)14(19)21-13-9-5-4-7-11(13)17/h4-5,7,9,12H,6,8,10H2,1-3H3/t12-/m1/s1. The second-order valence-electron chi connectivity index (χ2n) is 6.18. The minimum atomic E-state index is -0.741. The largest absolute Gasteiger partial charge is 0.444 e. The molecule has 6 heteroatoms. The van der Waals surface area contributed by atoms with Crippen LogP contribution in [0.15, 0.2) is 24.3 Å². The Morgan fingerprint density at radius 1 is 1.27 bits per heavy atom. The second-order valence-corrected chi connectivity index (χ2v) is 6.18. The summed E-state index contributed by atoms with van der Waals surface area (Å²) in [4.78, 5) is 25.7. The highest BCUT2D eigenvalue weighted by Crippen LogP contribution is 2.24. The van der Waals surface area contributed by atoms with E-state index < -0.39 is 29.5 Å². The Balaban J connectivity index is 2.05. The van der Waals surface area contributed by atoms with E-state index in [1.165, 1.54) is 23.1 Å². The van der Waals surface area contributed by atoms with Crippen molar-refractivity contribution in [1.29, 1.82) is 0 Å². The third-order valence-corrected chi connectivity index (χ3v) is 3.20. The second kappa shape index (κ2) is 6.34. The fourth-order valence-corrected chi connectivity index (χ4v) is 2.25. The average Bonchev–Trinajstić information content (AvgIpc) is 2.89. The Kier molecular flexibility index (Phi) is 4.68. The molecule has 0 radical (unpaired) electrons. The first-order valence-corrected chi connectivity index (χ1v) is 7.24. The Bertz CT molecular complexity index is 568. The van der Waals surface area contributed by atoms with E-state index in [9.17, 15) is 14.0 Å². The summed E-state index contributed by atoms with van der Waals surface area (Å²) in [5.41, 5.74) is -0.639. The maximum Gasteiger partial charge on any atom is 0.411 e. The van der Waals surface area contributed by atoms with E-state index in [1.807, 2.05) is 0 Å².